The Kier molecular flexibility index (Phi) is 6.33. The van der Waals surface area contributed by atoms with E-state index in [4.69, 9.17) is 4.74 Å². The van der Waals surface area contributed by atoms with Gasteiger partial charge in [0.1, 0.15) is 0 Å². The van der Waals surface area contributed by atoms with Gasteiger partial charge >= 0.3 is 6.09 Å². The van der Waals surface area contributed by atoms with Gasteiger partial charge in [-0.2, -0.15) is 0 Å². The van der Waals surface area contributed by atoms with Crippen molar-refractivity contribution in [1.82, 2.24) is 4.90 Å². The quantitative estimate of drug-likeness (QED) is 0.613. The van der Waals surface area contributed by atoms with E-state index in [0.717, 1.165) is 41.2 Å². The summed E-state index contributed by atoms with van der Waals surface area (Å²) in [6.07, 6.45) is 3.26. The van der Waals surface area contributed by atoms with Crippen LogP contribution < -0.4 is 0 Å². The minimum atomic E-state index is -0.660. The molecule has 156 valence electrons. The first-order valence-electron chi connectivity index (χ1n) is 10.6. The van der Waals surface area contributed by atoms with E-state index in [-0.39, 0.29) is 18.2 Å². The van der Waals surface area contributed by atoms with Crippen LogP contribution in [0.1, 0.15) is 65.5 Å². The third kappa shape index (κ3) is 4.18. The molecule has 1 aliphatic carbocycles. The fourth-order valence-corrected chi connectivity index (χ4v) is 4.63. The zero-order valence-electron chi connectivity index (χ0n) is 18.2. The van der Waals surface area contributed by atoms with E-state index >= 15 is 0 Å². The lowest BCUT2D eigenvalue weighted by Crippen LogP contribution is -2.41. The molecule has 1 aliphatic rings. The molecule has 0 aliphatic heterocycles. The number of aliphatic hydroxyl groups excluding tert-OH is 1. The molecule has 29 heavy (non-hydrogen) atoms. The van der Waals surface area contributed by atoms with Crippen molar-refractivity contribution in [3.8, 4) is 0 Å². The van der Waals surface area contributed by atoms with Crippen LogP contribution >= 0.6 is 0 Å². The molecule has 1 N–H and O–H groups in total. The van der Waals surface area contributed by atoms with Crippen LogP contribution in [0.4, 0.5) is 4.79 Å². The summed E-state index contributed by atoms with van der Waals surface area (Å²) >= 11 is 0. The minimum Gasteiger partial charge on any atom is -0.418 e. The molecule has 1 saturated carbocycles. The first-order valence-corrected chi connectivity index (χ1v) is 10.6. The molecule has 0 spiro atoms. The van der Waals surface area contributed by atoms with Crippen LogP contribution in [0, 0.1) is 5.41 Å². The average Bonchev–Trinajstić information content (AvgIpc) is 3.06. The predicted octanol–water partition coefficient (Wildman–Crippen LogP) is 6.20. The maximum atomic E-state index is 12.6. The van der Waals surface area contributed by atoms with Gasteiger partial charge in [-0.3, -0.25) is 0 Å². The highest BCUT2D eigenvalue weighted by Crippen LogP contribution is 2.51. The third-order valence-corrected chi connectivity index (χ3v) is 6.22. The number of hydrogen-bond donors (Lipinski definition) is 1. The molecule has 1 fully saturated rings. The van der Waals surface area contributed by atoms with Gasteiger partial charge in [0.05, 0.1) is 12.4 Å². The maximum Gasteiger partial charge on any atom is 0.415 e. The van der Waals surface area contributed by atoms with Crippen molar-refractivity contribution in [3.63, 3.8) is 0 Å². The van der Waals surface area contributed by atoms with E-state index in [9.17, 15) is 9.90 Å². The average molecular weight is 396 g/mol. The number of amides is 1. The summed E-state index contributed by atoms with van der Waals surface area (Å²) in [5.41, 5.74) is 1.47. The number of fused-ring (bicyclic) bond motifs is 1. The molecule has 0 unspecified atom stereocenters. The van der Waals surface area contributed by atoms with Crippen molar-refractivity contribution >= 4 is 16.9 Å². The van der Waals surface area contributed by atoms with Crippen molar-refractivity contribution in [2.24, 2.45) is 5.41 Å². The van der Waals surface area contributed by atoms with Crippen LogP contribution in [0.3, 0.4) is 0 Å². The van der Waals surface area contributed by atoms with Crippen molar-refractivity contribution in [2.75, 3.05) is 0 Å². The summed E-state index contributed by atoms with van der Waals surface area (Å²) in [6, 6.07) is 14.3. The van der Waals surface area contributed by atoms with Gasteiger partial charge in [0.2, 0.25) is 0 Å². The van der Waals surface area contributed by atoms with Gasteiger partial charge in [0, 0.05) is 17.5 Å². The molecule has 4 nitrogen and oxygen atoms in total. The Morgan fingerprint density at radius 3 is 2.45 bits per heavy atom. The van der Waals surface area contributed by atoms with Crippen LogP contribution in [0.2, 0.25) is 0 Å². The van der Waals surface area contributed by atoms with Gasteiger partial charge in [-0.05, 0) is 68.9 Å². The Labute approximate surface area is 174 Å². The minimum absolute atomic E-state index is 0.0668. The van der Waals surface area contributed by atoms with E-state index in [1.165, 1.54) is 0 Å². The van der Waals surface area contributed by atoms with E-state index in [2.05, 4.69) is 25.1 Å². The molecule has 2 aromatic rings. The first kappa shape index (κ1) is 21.4. The summed E-state index contributed by atoms with van der Waals surface area (Å²) in [5.74, 6) is 0. The number of ether oxygens (including phenoxy) is 1. The number of nitrogens with zero attached hydrogens (tertiary/aromatic N) is 1. The molecule has 2 aromatic carbocycles. The molecule has 3 rings (SSSR count). The van der Waals surface area contributed by atoms with Gasteiger partial charge in [-0.15, -0.1) is 0 Å². The largest absolute Gasteiger partial charge is 0.418 e. The summed E-state index contributed by atoms with van der Waals surface area (Å²) < 4.78 is 5.59. The monoisotopic (exact) mass is 395 g/mol. The molecule has 4 heteroatoms. The highest BCUT2D eigenvalue weighted by molar-refractivity contribution is 5.86. The molecule has 0 aromatic heterocycles. The molecule has 0 saturated heterocycles. The number of benzene rings is 2. The summed E-state index contributed by atoms with van der Waals surface area (Å²) in [5, 5.41) is 13.6. The lowest BCUT2D eigenvalue weighted by atomic mass is 9.75. The lowest BCUT2D eigenvalue weighted by molar-refractivity contribution is 0.0635. The summed E-state index contributed by atoms with van der Waals surface area (Å²) in [6.45, 7) is 10.0. The Balaban J connectivity index is 1.88. The summed E-state index contributed by atoms with van der Waals surface area (Å²) in [4.78, 5) is 14.3. The fourth-order valence-electron chi connectivity index (χ4n) is 4.63. The fraction of sp³-hybridized carbons (Fsp3) is 0.480. The number of rotatable bonds is 5. The number of aliphatic hydroxyl groups is 1. The molecule has 0 radical (unpaired) electrons. The van der Waals surface area contributed by atoms with E-state index in [0.29, 0.717) is 0 Å². The van der Waals surface area contributed by atoms with Crippen LogP contribution in [0.5, 0.6) is 0 Å². The second-order valence-electron chi connectivity index (χ2n) is 8.86. The topological polar surface area (TPSA) is 49.8 Å². The molecule has 0 heterocycles. The second-order valence-corrected chi connectivity index (χ2v) is 8.86. The van der Waals surface area contributed by atoms with Crippen LogP contribution in [0.15, 0.2) is 54.3 Å². The maximum absolute atomic E-state index is 12.6. The zero-order chi connectivity index (χ0) is 21.2. The van der Waals surface area contributed by atoms with Gasteiger partial charge in [0.15, 0.2) is 0 Å². The van der Waals surface area contributed by atoms with Crippen molar-refractivity contribution in [2.45, 2.75) is 72.1 Å². The van der Waals surface area contributed by atoms with Gasteiger partial charge in [-0.25, -0.2) is 4.79 Å². The Bertz CT molecular complexity index is 889. The molecule has 2 atom stereocenters. The Hall–Kier alpha value is -2.33. The highest BCUT2D eigenvalue weighted by atomic mass is 16.5. The molecule has 1 amide bonds. The van der Waals surface area contributed by atoms with Crippen LogP contribution in [0.25, 0.3) is 10.8 Å². The van der Waals surface area contributed by atoms with Crippen LogP contribution in [-0.2, 0) is 4.74 Å². The van der Waals surface area contributed by atoms with Crippen LogP contribution in [-0.4, -0.2) is 28.2 Å². The van der Waals surface area contributed by atoms with Gasteiger partial charge in [0.25, 0.3) is 0 Å². The van der Waals surface area contributed by atoms with Gasteiger partial charge in [-0.1, -0.05) is 49.4 Å². The van der Waals surface area contributed by atoms with E-state index in [1.54, 1.807) is 11.2 Å². The van der Waals surface area contributed by atoms with Gasteiger partial charge < -0.3 is 14.7 Å². The highest BCUT2D eigenvalue weighted by Gasteiger charge is 2.42. The normalized spacial score (nSPS) is 21.9. The molecular weight excluding hydrogens is 362 g/mol. The first-order chi connectivity index (χ1) is 13.8. The van der Waals surface area contributed by atoms with E-state index in [1.807, 2.05) is 52.0 Å². The third-order valence-electron chi connectivity index (χ3n) is 6.22. The second kappa shape index (κ2) is 8.58. The van der Waals surface area contributed by atoms with E-state index < -0.39 is 11.5 Å². The summed E-state index contributed by atoms with van der Waals surface area (Å²) in [7, 11) is 0. The zero-order valence-corrected chi connectivity index (χ0v) is 18.2. The number of hydrogen-bond acceptors (Lipinski definition) is 3. The molecular formula is C25H33NO3. The SMILES string of the molecule is CC(C)N(C(=O)O/C=C1/CCC[C@]1(C)[C@H](O)c1cccc2ccccc12)C(C)C. The number of carbonyl (C=O) groups excluding carboxylic acids is 1. The molecule has 0 bridgehead atoms. The number of carbonyl (C=O) groups is 1. The smallest absolute Gasteiger partial charge is 0.415 e. The van der Waals surface area contributed by atoms with Crippen molar-refractivity contribution in [3.05, 3.63) is 59.9 Å². The predicted molar refractivity (Wildman–Crippen MR) is 118 cm³/mol. The van der Waals surface area contributed by atoms with Crippen molar-refractivity contribution in [1.29, 1.82) is 0 Å². The Morgan fingerprint density at radius 2 is 1.76 bits per heavy atom. The lowest BCUT2D eigenvalue weighted by Gasteiger charge is -2.33. The van der Waals surface area contributed by atoms with Crippen molar-refractivity contribution < 1.29 is 14.6 Å². The standard InChI is InChI=1S/C25H33NO3/c1-17(2)26(18(3)4)24(28)29-16-20-12-9-15-25(20,5)23(27)22-14-8-11-19-10-6-7-13-21(19)22/h6-8,10-11,13-14,16-18,23,27H,9,12,15H2,1-5H3/b20-16-/t23-,25+/m1/s1. The Morgan fingerprint density at radius 1 is 1.10 bits per heavy atom.